The first-order valence-electron chi connectivity index (χ1n) is 5.20. The molecule has 0 aliphatic carbocycles. The van der Waals surface area contributed by atoms with Crippen LogP contribution < -0.4 is 5.73 Å². The average molecular weight is 252 g/mol. The van der Waals surface area contributed by atoms with E-state index in [1.54, 1.807) is 6.26 Å². The van der Waals surface area contributed by atoms with Crippen LogP contribution in [0, 0.1) is 12.7 Å². The fourth-order valence-corrected chi connectivity index (χ4v) is 2.24. The van der Waals surface area contributed by atoms with E-state index in [0.29, 0.717) is 17.5 Å². The van der Waals surface area contributed by atoms with Gasteiger partial charge in [-0.25, -0.2) is 9.37 Å². The number of hydrogen-bond donors (Lipinski definition) is 1. The van der Waals surface area contributed by atoms with Crippen molar-refractivity contribution in [1.29, 1.82) is 0 Å². The Labute approximate surface area is 103 Å². The average Bonchev–Trinajstić information content (AvgIpc) is 2.72. The van der Waals surface area contributed by atoms with Crippen LogP contribution >= 0.6 is 11.8 Å². The fourth-order valence-electron chi connectivity index (χ4n) is 1.46. The van der Waals surface area contributed by atoms with Crippen LogP contribution in [0.5, 0.6) is 0 Å². The number of halogens is 1. The molecule has 0 atom stereocenters. The summed E-state index contributed by atoms with van der Waals surface area (Å²) in [6.07, 6.45) is 1.60. The van der Waals surface area contributed by atoms with Gasteiger partial charge in [-0.05, 0) is 30.2 Å². The predicted octanol–water partition coefficient (Wildman–Crippen LogP) is 2.87. The van der Waals surface area contributed by atoms with Crippen molar-refractivity contribution in [2.75, 3.05) is 0 Å². The first-order valence-corrected chi connectivity index (χ1v) is 6.19. The van der Waals surface area contributed by atoms with Crippen LogP contribution in [-0.2, 0) is 12.3 Å². The van der Waals surface area contributed by atoms with Crippen molar-refractivity contribution in [3.63, 3.8) is 0 Å². The van der Waals surface area contributed by atoms with Gasteiger partial charge < -0.3 is 10.2 Å². The van der Waals surface area contributed by atoms with E-state index in [1.807, 2.05) is 13.0 Å². The zero-order chi connectivity index (χ0) is 12.3. The third-order valence-electron chi connectivity index (χ3n) is 2.21. The minimum atomic E-state index is -0.257. The summed E-state index contributed by atoms with van der Waals surface area (Å²) >= 11 is 1.44. The van der Waals surface area contributed by atoms with E-state index in [9.17, 15) is 4.39 Å². The summed E-state index contributed by atoms with van der Waals surface area (Å²) in [5.74, 6) is 0.359. The van der Waals surface area contributed by atoms with Gasteiger partial charge in [0.2, 0.25) is 0 Å². The van der Waals surface area contributed by atoms with E-state index >= 15 is 0 Å². The molecule has 17 heavy (non-hydrogen) atoms. The van der Waals surface area contributed by atoms with E-state index in [1.165, 1.54) is 23.9 Å². The van der Waals surface area contributed by atoms with Gasteiger partial charge >= 0.3 is 0 Å². The summed E-state index contributed by atoms with van der Waals surface area (Å²) in [6.45, 7) is 2.20. The number of thioether (sulfide) groups is 1. The quantitative estimate of drug-likeness (QED) is 0.850. The number of rotatable bonds is 4. The van der Waals surface area contributed by atoms with E-state index in [2.05, 4.69) is 4.98 Å². The monoisotopic (exact) mass is 252 g/mol. The van der Waals surface area contributed by atoms with Crippen LogP contribution in [-0.4, -0.2) is 4.98 Å². The molecule has 0 amide bonds. The lowest BCUT2D eigenvalue weighted by Gasteiger charge is -2.03. The molecular weight excluding hydrogens is 239 g/mol. The van der Waals surface area contributed by atoms with Gasteiger partial charge in [0.25, 0.3) is 5.22 Å². The van der Waals surface area contributed by atoms with Gasteiger partial charge in [0.15, 0.2) is 0 Å². The number of oxazole rings is 1. The smallest absolute Gasteiger partial charge is 0.256 e. The van der Waals surface area contributed by atoms with Gasteiger partial charge in [0.05, 0.1) is 5.69 Å². The first-order chi connectivity index (χ1) is 8.17. The topological polar surface area (TPSA) is 52.0 Å². The maximum absolute atomic E-state index is 13.2. The molecule has 1 aromatic carbocycles. The summed E-state index contributed by atoms with van der Waals surface area (Å²) in [7, 11) is 0. The SMILES string of the molecule is Cc1coc(SCc2cc(F)cc(CN)c2)n1. The predicted molar refractivity (Wildman–Crippen MR) is 65.1 cm³/mol. The highest BCUT2D eigenvalue weighted by atomic mass is 32.2. The zero-order valence-corrected chi connectivity index (χ0v) is 10.3. The third-order valence-corrected chi connectivity index (χ3v) is 3.13. The van der Waals surface area contributed by atoms with Crippen LogP contribution in [0.3, 0.4) is 0 Å². The molecule has 2 N–H and O–H groups in total. The third kappa shape index (κ3) is 3.31. The van der Waals surface area contributed by atoms with Crippen LogP contribution in [0.25, 0.3) is 0 Å². The van der Waals surface area contributed by atoms with E-state index < -0.39 is 0 Å². The molecule has 3 nitrogen and oxygen atoms in total. The van der Waals surface area contributed by atoms with E-state index in [-0.39, 0.29) is 5.82 Å². The molecule has 2 rings (SSSR count). The molecule has 90 valence electrons. The molecule has 0 fully saturated rings. The number of benzene rings is 1. The standard InChI is InChI=1S/C12H13FN2OS/c1-8-6-16-12(15-8)17-7-10-2-9(5-14)3-11(13)4-10/h2-4,6H,5,7,14H2,1H3. The highest BCUT2D eigenvalue weighted by Gasteiger charge is 2.04. The zero-order valence-electron chi connectivity index (χ0n) is 9.44. The number of nitrogens with zero attached hydrogens (tertiary/aromatic N) is 1. The molecule has 0 radical (unpaired) electrons. The molecule has 1 aromatic heterocycles. The summed E-state index contributed by atoms with van der Waals surface area (Å²) in [4.78, 5) is 4.17. The van der Waals surface area contributed by atoms with Crippen LogP contribution in [0.15, 0.2) is 34.1 Å². The molecule has 0 bridgehead atoms. The maximum Gasteiger partial charge on any atom is 0.256 e. The van der Waals surface area contributed by atoms with Gasteiger partial charge in [-0.3, -0.25) is 0 Å². The molecule has 0 aliphatic rings. The van der Waals surface area contributed by atoms with Crippen molar-refractivity contribution < 1.29 is 8.81 Å². The molecule has 0 saturated carbocycles. The highest BCUT2D eigenvalue weighted by Crippen LogP contribution is 2.23. The summed E-state index contributed by atoms with van der Waals surface area (Å²) in [5.41, 5.74) is 8.01. The lowest BCUT2D eigenvalue weighted by atomic mass is 10.1. The Morgan fingerprint density at radius 2 is 2.12 bits per heavy atom. The second-order valence-corrected chi connectivity index (χ2v) is 4.64. The molecule has 0 saturated heterocycles. The summed E-state index contributed by atoms with van der Waals surface area (Å²) in [6, 6.07) is 4.84. The van der Waals surface area contributed by atoms with Crippen LogP contribution in [0.2, 0.25) is 0 Å². The van der Waals surface area contributed by atoms with E-state index in [4.69, 9.17) is 10.2 Å². The minimum absolute atomic E-state index is 0.257. The molecule has 0 unspecified atom stereocenters. The second kappa shape index (κ2) is 5.33. The lowest BCUT2D eigenvalue weighted by Crippen LogP contribution is -1.98. The molecule has 1 heterocycles. The van der Waals surface area contributed by atoms with Crippen molar-refractivity contribution >= 4 is 11.8 Å². The van der Waals surface area contributed by atoms with Gasteiger partial charge in [-0.2, -0.15) is 0 Å². The second-order valence-electron chi connectivity index (χ2n) is 3.72. The Balaban J connectivity index is 2.05. The largest absolute Gasteiger partial charge is 0.440 e. The summed E-state index contributed by atoms with van der Waals surface area (Å²) < 4.78 is 18.4. The maximum atomic E-state index is 13.2. The number of nitrogens with two attached hydrogens (primary N) is 1. The molecule has 5 heteroatoms. The molecular formula is C12H13FN2OS. The van der Waals surface area contributed by atoms with Crippen LogP contribution in [0.1, 0.15) is 16.8 Å². The highest BCUT2D eigenvalue weighted by molar-refractivity contribution is 7.98. The Morgan fingerprint density at radius 1 is 1.35 bits per heavy atom. The fraction of sp³-hybridized carbons (Fsp3) is 0.250. The first kappa shape index (κ1) is 12.1. The van der Waals surface area contributed by atoms with Crippen molar-refractivity contribution in [2.45, 2.75) is 24.4 Å². The van der Waals surface area contributed by atoms with Gasteiger partial charge in [0.1, 0.15) is 12.1 Å². The normalized spacial score (nSPS) is 10.8. The molecule has 0 spiro atoms. The van der Waals surface area contributed by atoms with Crippen molar-refractivity contribution in [3.05, 3.63) is 47.1 Å². The van der Waals surface area contributed by atoms with E-state index in [0.717, 1.165) is 16.8 Å². The summed E-state index contributed by atoms with van der Waals surface area (Å²) in [5, 5.41) is 0.598. The van der Waals surface area contributed by atoms with Crippen LogP contribution in [0.4, 0.5) is 4.39 Å². The number of aromatic nitrogens is 1. The number of hydrogen-bond acceptors (Lipinski definition) is 4. The Kier molecular flexibility index (Phi) is 3.81. The lowest BCUT2D eigenvalue weighted by molar-refractivity contribution is 0.454. The van der Waals surface area contributed by atoms with Gasteiger partial charge in [-0.15, -0.1) is 0 Å². The number of aryl methyl sites for hydroxylation is 1. The van der Waals surface area contributed by atoms with Crippen molar-refractivity contribution in [1.82, 2.24) is 4.98 Å². The molecule has 2 aromatic rings. The van der Waals surface area contributed by atoms with Crippen molar-refractivity contribution in [2.24, 2.45) is 5.73 Å². The Morgan fingerprint density at radius 3 is 2.76 bits per heavy atom. The van der Waals surface area contributed by atoms with Crippen molar-refractivity contribution in [3.8, 4) is 0 Å². The Hall–Kier alpha value is -1.33. The molecule has 0 aliphatic heterocycles. The van der Waals surface area contributed by atoms with Gasteiger partial charge in [-0.1, -0.05) is 17.8 Å². The Bertz CT molecular complexity index is 513. The van der Waals surface area contributed by atoms with Gasteiger partial charge in [0, 0.05) is 12.3 Å². The minimum Gasteiger partial charge on any atom is -0.440 e.